The highest BCUT2D eigenvalue weighted by atomic mass is 79.9. The van der Waals surface area contributed by atoms with Gasteiger partial charge in [-0.25, -0.2) is 4.39 Å². The number of hydrogen-bond acceptors (Lipinski definition) is 5. The smallest absolute Gasteiger partial charge is 0.255 e. The van der Waals surface area contributed by atoms with Gasteiger partial charge >= 0.3 is 0 Å². The summed E-state index contributed by atoms with van der Waals surface area (Å²) >= 11 is 9.41. The van der Waals surface area contributed by atoms with Gasteiger partial charge in [0.2, 0.25) is 11.8 Å². The number of aromatic nitrogens is 2. The number of halogens is 3. The summed E-state index contributed by atoms with van der Waals surface area (Å²) < 4.78 is 20.0. The number of carbonyl (C=O) groups excluding carboxylic acids is 1. The van der Waals surface area contributed by atoms with Crippen LogP contribution in [0.5, 0.6) is 0 Å². The van der Waals surface area contributed by atoms with E-state index in [9.17, 15) is 9.18 Å². The fourth-order valence-corrected chi connectivity index (χ4v) is 3.67. The van der Waals surface area contributed by atoms with E-state index in [-0.39, 0.29) is 10.9 Å². The van der Waals surface area contributed by atoms with E-state index in [2.05, 4.69) is 31.0 Å². The number of nitrogens with zero attached hydrogens (tertiary/aromatic N) is 4. The number of rotatable bonds is 4. The molecule has 0 bridgehead atoms. The van der Waals surface area contributed by atoms with E-state index in [1.165, 1.54) is 12.1 Å². The standard InChI is InChI=1S/C20H17BrClFN4O2/c21-14-3-1-13(2-4-14)19-25-24-18(29-19)12-26-7-9-27(10-8-26)20(28)16-6-5-15(23)11-17(16)22/h1-6,11H,7-10,12H2. The minimum Gasteiger partial charge on any atom is -0.419 e. The van der Waals surface area contributed by atoms with Gasteiger partial charge in [0.05, 0.1) is 17.1 Å². The van der Waals surface area contributed by atoms with Crippen LogP contribution in [0.1, 0.15) is 16.2 Å². The third kappa shape index (κ3) is 4.66. The highest BCUT2D eigenvalue weighted by Crippen LogP contribution is 2.22. The third-order valence-electron chi connectivity index (χ3n) is 4.74. The normalized spacial score (nSPS) is 14.9. The molecule has 1 aromatic heterocycles. The molecule has 6 nitrogen and oxygen atoms in total. The maximum atomic E-state index is 13.2. The van der Waals surface area contributed by atoms with Gasteiger partial charge in [0.1, 0.15) is 5.82 Å². The highest BCUT2D eigenvalue weighted by molar-refractivity contribution is 9.10. The van der Waals surface area contributed by atoms with Gasteiger partial charge in [-0.3, -0.25) is 9.69 Å². The van der Waals surface area contributed by atoms with Crippen molar-refractivity contribution in [3.63, 3.8) is 0 Å². The molecule has 0 N–H and O–H groups in total. The molecule has 4 rings (SSSR count). The van der Waals surface area contributed by atoms with Crippen molar-refractivity contribution >= 4 is 33.4 Å². The van der Waals surface area contributed by atoms with Crippen molar-refractivity contribution in [1.29, 1.82) is 0 Å². The van der Waals surface area contributed by atoms with Crippen molar-refractivity contribution in [2.24, 2.45) is 0 Å². The fourth-order valence-electron chi connectivity index (χ4n) is 3.16. The summed E-state index contributed by atoms with van der Waals surface area (Å²) in [5.74, 6) is 0.361. The van der Waals surface area contributed by atoms with Crippen LogP contribution in [-0.4, -0.2) is 52.1 Å². The van der Waals surface area contributed by atoms with E-state index in [0.29, 0.717) is 50.1 Å². The average molecular weight is 480 g/mol. The highest BCUT2D eigenvalue weighted by Gasteiger charge is 2.24. The molecule has 9 heteroatoms. The van der Waals surface area contributed by atoms with Gasteiger partial charge in [-0.2, -0.15) is 0 Å². The van der Waals surface area contributed by atoms with Crippen molar-refractivity contribution in [2.45, 2.75) is 6.54 Å². The van der Waals surface area contributed by atoms with Crippen LogP contribution in [0.15, 0.2) is 51.4 Å². The molecular formula is C20H17BrClFN4O2. The van der Waals surface area contributed by atoms with Crippen LogP contribution < -0.4 is 0 Å². The van der Waals surface area contributed by atoms with Gasteiger partial charge < -0.3 is 9.32 Å². The van der Waals surface area contributed by atoms with Crippen LogP contribution in [0.25, 0.3) is 11.5 Å². The number of amides is 1. The van der Waals surface area contributed by atoms with Gasteiger partial charge in [0, 0.05) is 36.2 Å². The Balaban J connectivity index is 1.34. The zero-order valence-corrected chi connectivity index (χ0v) is 17.7. The Kier molecular flexibility index (Phi) is 5.94. The number of carbonyl (C=O) groups is 1. The lowest BCUT2D eigenvalue weighted by atomic mass is 10.1. The molecule has 0 unspecified atom stereocenters. The minimum absolute atomic E-state index is 0.128. The number of piperazine rings is 1. The molecule has 0 saturated carbocycles. The summed E-state index contributed by atoms with van der Waals surface area (Å²) in [5.41, 5.74) is 1.18. The van der Waals surface area contributed by atoms with Crippen molar-refractivity contribution in [3.8, 4) is 11.5 Å². The van der Waals surface area contributed by atoms with Crippen LogP contribution in [0.2, 0.25) is 5.02 Å². The third-order valence-corrected chi connectivity index (χ3v) is 5.58. The van der Waals surface area contributed by atoms with E-state index in [0.717, 1.165) is 16.1 Å². The van der Waals surface area contributed by atoms with Crippen molar-refractivity contribution in [1.82, 2.24) is 20.0 Å². The van der Waals surface area contributed by atoms with E-state index >= 15 is 0 Å². The first kappa shape index (κ1) is 20.0. The Labute approximate surface area is 180 Å². The molecule has 1 aliphatic heterocycles. The Bertz CT molecular complexity index is 1020. The number of benzene rings is 2. The average Bonchev–Trinajstić information content (AvgIpc) is 3.17. The number of hydrogen-bond donors (Lipinski definition) is 0. The molecule has 1 amide bonds. The van der Waals surface area contributed by atoms with E-state index < -0.39 is 5.82 Å². The second-order valence-electron chi connectivity index (χ2n) is 6.70. The Morgan fingerprint density at radius 3 is 2.52 bits per heavy atom. The molecule has 2 aromatic carbocycles. The zero-order valence-electron chi connectivity index (χ0n) is 15.3. The molecule has 0 atom stereocenters. The lowest BCUT2D eigenvalue weighted by Crippen LogP contribution is -2.48. The Morgan fingerprint density at radius 1 is 1.10 bits per heavy atom. The summed E-state index contributed by atoms with van der Waals surface area (Å²) in [5, 5.41) is 8.37. The molecule has 1 fully saturated rings. The first-order chi connectivity index (χ1) is 14.0. The second-order valence-corrected chi connectivity index (χ2v) is 8.02. The van der Waals surface area contributed by atoms with Crippen LogP contribution >= 0.6 is 27.5 Å². The minimum atomic E-state index is -0.460. The topological polar surface area (TPSA) is 62.5 Å². The zero-order chi connectivity index (χ0) is 20.4. The molecule has 1 aliphatic rings. The van der Waals surface area contributed by atoms with Crippen molar-refractivity contribution in [3.05, 3.63) is 69.2 Å². The molecular weight excluding hydrogens is 463 g/mol. The molecule has 150 valence electrons. The molecule has 3 aromatic rings. The van der Waals surface area contributed by atoms with Gasteiger partial charge in [-0.05, 0) is 42.5 Å². The van der Waals surface area contributed by atoms with Gasteiger partial charge in [-0.15, -0.1) is 10.2 Å². The Morgan fingerprint density at radius 2 is 1.83 bits per heavy atom. The lowest BCUT2D eigenvalue weighted by molar-refractivity contribution is 0.0618. The largest absolute Gasteiger partial charge is 0.419 e. The van der Waals surface area contributed by atoms with E-state index in [1.807, 2.05) is 24.3 Å². The van der Waals surface area contributed by atoms with Gasteiger partial charge in [-0.1, -0.05) is 27.5 Å². The van der Waals surface area contributed by atoms with Crippen LogP contribution in [0.4, 0.5) is 4.39 Å². The van der Waals surface area contributed by atoms with E-state index in [4.69, 9.17) is 16.0 Å². The summed E-state index contributed by atoms with van der Waals surface area (Å²) in [7, 11) is 0. The van der Waals surface area contributed by atoms with Crippen LogP contribution in [-0.2, 0) is 6.54 Å². The summed E-state index contributed by atoms with van der Waals surface area (Å²) in [4.78, 5) is 16.5. The predicted molar refractivity (Wildman–Crippen MR) is 110 cm³/mol. The lowest BCUT2D eigenvalue weighted by Gasteiger charge is -2.34. The Hall–Kier alpha value is -2.29. The fraction of sp³-hybridized carbons (Fsp3) is 0.250. The summed E-state index contributed by atoms with van der Waals surface area (Å²) in [6.45, 7) is 2.93. The summed E-state index contributed by atoms with van der Waals surface area (Å²) in [6, 6.07) is 11.5. The monoisotopic (exact) mass is 478 g/mol. The van der Waals surface area contributed by atoms with E-state index in [1.54, 1.807) is 4.90 Å². The molecule has 1 saturated heterocycles. The first-order valence-corrected chi connectivity index (χ1v) is 10.2. The molecule has 0 radical (unpaired) electrons. The summed E-state index contributed by atoms with van der Waals surface area (Å²) in [6.07, 6.45) is 0. The quantitative estimate of drug-likeness (QED) is 0.560. The molecule has 0 spiro atoms. The molecule has 2 heterocycles. The van der Waals surface area contributed by atoms with Gasteiger partial charge in [0.15, 0.2) is 0 Å². The van der Waals surface area contributed by atoms with Gasteiger partial charge in [0.25, 0.3) is 5.91 Å². The maximum absolute atomic E-state index is 13.2. The maximum Gasteiger partial charge on any atom is 0.255 e. The van der Waals surface area contributed by atoms with Crippen molar-refractivity contribution in [2.75, 3.05) is 26.2 Å². The van der Waals surface area contributed by atoms with Crippen LogP contribution in [0.3, 0.4) is 0 Å². The SMILES string of the molecule is O=C(c1ccc(F)cc1Cl)N1CCN(Cc2nnc(-c3ccc(Br)cc3)o2)CC1. The van der Waals surface area contributed by atoms with Crippen molar-refractivity contribution < 1.29 is 13.6 Å². The molecule has 0 aliphatic carbocycles. The van der Waals surface area contributed by atoms with Crippen LogP contribution in [0, 0.1) is 5.82 Å². The molecule has 29 heavy (non-hydrogen) atoms. The predicted octanol–water partition coefficient (Wildman–Crippen LogP) is 4.25. The second kappa shape index (κ2) is 8.61. The first-order valence-electron chi connectivity index (χ1n) is 9.04.